The second-order valence-electron chi connectivity index (χ2n) is 7.86. The number of morpholine rings is 1. The van der Waals surface area contributed by atoms with Crippen LogP contribution in [-0.4, -0.2) is 59.2 Å². The first-order chi connectivity index (χ1) is 13.3. The fourth-order valence-corrected chi connectivity index (χ4v) is 4.56. The van der Waals surface area contributed by atoms with E-state index in [1.807, 2.05) is 24.3 Å². The monoisotopic (exact) mass is 370 g/mol. The molecule has 6 nitrogen and oxygen atoms in total. The summed E-state index contributed by atoms with van der Waals surface area (Å²) in [6, 6.07) is 7.98. The summed E-state index contributed by atoms with van der Waals surface area (Å²) < 4.78 is 5.53. The largest absolute Gasteiger partial charge is 0.379 e. The van der Waals surface area contributed by atoms with Crippen LogP contribution in [0.3, 0.4) is 0 Å². The Morgan fingerprint density at radius 3 is 2.74 bits per heavy atom. The minimum Gasteiger partial charge on any atom is -0.379 e. The van der Waals surface area contributed by atoms with Crippen molar-refractivity contribution in [1.82, 2.24) is 20.2 Å². The van der Waals surface area contributed by atoms with Crippen LogP contribution in [0.15, 0.2) is 24.3 Å². The summed E-state index contributed by atoms with van der Waals surface area (Å²) in [6.07, 6.45) is 7.29. The van der Waals surface area contributed by atoms with Gasteiger partial charge in [-0.05, 0) is 25.0 Å². The first-order valence-corrected chi connectivity index (χ1v) is 10.3. The molecule has 2 fully saturated rings. The van der Waals surface area contributed by atoms with Gasteiger partial charge in [-0.15, -0.1) is 0 Å². The van der Waals surface area contributed by atoms with Crippen LogP contribution < -0.4 is 5.32 Å². The highest BCUT2D eigenvalue weighted by molar-refractivity contribution is 5.77. The normalized spacial score (nSPS) is 20.6. The number of nitrogens with zero attached hydrogens (tertiary/aromatic N) is 2. The molecule has 4 rings (SSSR count). The highest BCUT2D eigenvalue weighted by atomic mass is 16.5. The van der Waals surface area contributed by atoms with Gasteiger partial charge in [-0.1, -0.05) is 31.4 Å². The van der Waals surface area contributed by atoms with Crippen molar-refractivity contribution in [1.29, 1.82) is 0 Å². The van der Waals surface area contributed by atoms with Crippen LogP contribution in [0.25, 0.3) is 11.0 Å². The van der Waals surface area contributed by atoms with Crippen molar-refractivity contribution < 1.29 is 9.53 Å². The first kappa shape index (κ1) is 18.4. The molecule has 1 aromatic carbocycles. The number of hydrogen-bond donors (Lipinski definition) is 2. The number of carbonyl (C=O) groups is 1. The second-order valence-corrected chi connectivity index (χ2v) is 7.86. The Balaban J connectivity index is 1.32. The smallest absolute Gasteiger partial charge is 0.220 e. The third-order valence-corrected chi connectivity index (χ3v) is 6.11. The number of fused-ring (bicyclic) bond motifs is 1. The number of H-pyrrole nitrogens is 1. The summed E-state index contributed by atoms with van der Waals surface area (Å²) in [5.74, 6) is 1.00. The lowest BCUT2D eigenvalue weighted by Gasteiger charge is -2.48. The Labute approximate surface area is 160 Å². The zero-order chi connectivity index (χ0) is 18.5. The van der Waals surface area contributed by atoms with E-state index in [0.29, 0.717) is 12.8 Å². The third kappa shape index (κ3) is 4.33. The number of amides is 1. The van der Waals surface area contributed by atoms with Crippen molar-refractivity contribution in [3.8, 4) is 0 Å². The Morgan fingerprint density at radius 1 is 1.19 bits per heavy atom. The molecule has 1 amide bonds. The highest BCUT2D eigenvalue weighted by Gasteiger charge is 2.38. The maximum absolute atomic E-state index is 12.5. The van der Waals surface area contributed by atoms with Crippen LogP contribution in [-0.2, 0) is 16.0 Å². The summed E-state index contributed by atoms with van der Waals surface area (Å²) in [5, 5.41) is 3.23. The van der Waals surface area contributed by atoms with E-state index in [4.69, 9.17) is 4.74 Å². The first-order valence-electron chi connectivity index (χ1n) is 10.3. The Morgan fingerprint density at radius 2 is 1.96 bits per heavy atom. The van der Waals surface area contributed by atoms with Gasteiger partial charge in [-0.3, -0.25) is 9.69 Å². The molecule has 0 bridgehead atoms. The lowest BCUT2D eigenvalue weighted by atomic mass is 9.79. The molecule has 2 heterocycles. The summed E-state index contributed by atoms with van der Waals surface area (Å²) in [4.78, 5) is 22.9. The molecule has 2 aromatic rings. The van der Waals surface area contributed by atoms with Crippen LogP contribution in [0, 0.1) is 0 Å². The lowest BCUT2D eigenvalue weighted by Crippen LogP contribution is -2.59. The number of ether oxygens (including phenoxy) is 1. The maximum Gasteiger partial charge on any atom is 0.220 e. The van der Waals surface area contributed by atoms with E-state index in [0.717, 1.165) is 49.7 Å². The van der Waals surface area contributed by atoms with E-state index >= 15 is 0 Å². The van der Waals surface area contributed by atoms with E-state index in [1.54, 1.807) is 0 Å². The van der Waals surface area contributed by atoms with Gasteiger partial charge in [0.15, 0.2) is 0 Å². The molecule has 6 heteroatoms. The van der Waals surface area contributed by atoms with Crippen LogP contribution in [0.1, 0.15) is 44.3 Å². The third-order valence-electron chi connectivity index (χ3n) is 6.11. The second kappa shape index (κ2) is 8.40. The topological polar surface area (TPSA) is 70.2 Å². The van der Waals surface area contributed by atoms with Gasteiger partial charge in [0.2, 0.25) is 5.91 Å². The number of aryl methyl sites for hydroxylation is 1. The summed E-state index contributed by atoms with van der Waals surface area (Å²) in [7, 11) is 0. The molecular weight excluding hydrogens is 340 g/mol. The van der Waals surface area contributed by atoms with Gasteiger partial charge in [-0.25, -0.2) is 4.98 Å². The molecule has 1 saturated carbocycles. The van der Waals surface area contributed by atoms with E-state index in [1.165, 1.54) is 32.1 Å². The molecule has 1 aliphatic carbocycles. The van der Waals surface area contributed by atoms with E-state index in [2.05, 4.69) is 20.2 Å². The minimum atomic E-state index is 0.119. The van der Waals surface area contributed by atoms with Gasteiger partial charge in [0, 0.05) is 38.0 Å². The van der Waals surface area contributed by atoms with Crippen molar-refractivity contribution in [2.75, 3.05) is 32.8 Å². The van der Waals surface area contributed by atoms with E-state index in [-0.39, 0.29) is 11.4 Å². The zero-order valence-corrected chi connectivity index (χ0v) is 16.0. The fourth-order valence-electron chi connectivity index (χ4n) is 4.56. The number of rotatable bonds is 6. The minimum absolute atomic E-state index is 0.119. The Hall–Kier alpha value is -1.92. The number of aromatic nitrogens is 2. The van der Waals surface area contributed by atoms with Crippen LogP contribution in [0.5, 0.6) is 0 Å². The Kier molecular flexibility index (Phi) is 5.74. The molecule has 0 atom stereocenters. The quantitative estimate of drug-likeness (QED) is 0.820. The number of benzene rings is 1. The number of hydrogen-bond acceptors (Lipinski definition) is 4. The number of carbonyl (C=O) groups excluding carboxylic acids is 1. The molecule has 27 heavy (non-hydrogen) atoms. The van der Waals surface area contributed by atoms with Gasteiger partial charge in [0.25, 0.3) is 0 Å². The maximum atomic E-state index is 12.5. The van der Waals surface area contributed by atoms with Crippen molar-refractivity contribution in [2.24, 2.45) is 0 Å². The van der Waals surface area contributed by atoms with Crippen molar-refractivity contribution in [3.63, 3.8) is 0 Å². The lowest BCUT2D eigenvalue weighted by molar-refractivity contribution is -0.122. The SMILES string of the molecule is O=C(CCc1nc2ccccc2[nH]1)NCC1(N2CCOCC2)CCCCC1. The molecular formula is C21H30N4O2. The number of aromatic amines is 1. The van der Waals surface area contributed by atoms with Crippen LogP contribution in [0.2, 0.25) is 0 Å². The molecule has 146 valence electrons. The highest BCUT2D eigenvalue weighted by Crippen LogP contribution is 2.33. The van der Waals surface area contributed by atoms with Gasteiger partial charge in [0.05, 0.1) is 24.2 Å². The molecule has 1 saturated heterocycles. The number of para-hydroxylation sites is 2. The molecule has 0 spiro atoms. The molecule has 2 N–H and O–H groups in total. The summed E-state index contributed by atoms with van der Waals surface area (Å²) in [5.41, 5.74) is 2.11. The summed E-state index contributed by atoms with van der Waals surface area (Å²) >= 11 is 0. The average Bonchev–Trinajstić information content (AvgIpc) is 3.15. The predicted octanol–water partition coefficient (Wildman–Crippen LogP) is 2.65. The number of imidazole rings is 1. The van der Waals surface area contributed by atoms with Crippen molar-refractivity contribution in [3.05, 3.63) is 30.1 Å². The van der Waals surface area contributed by atoms with E-state index in [9.17, 15) is 4.79 Å². The van der Waals surface area contributed by atoms with Crippen LogP contribution in [0.4, 0.5) is 0 Å². The van der Waals surface area contributed by atoms with Gasteiger partial charge in [0.1, 0.15) is 5.82 Å². The van der Waals surface area contributed by atoms with E-state index < -0.39 is 0 Å². The van der Waals surface area contributed by atoms with Gasteiger partial charge >= 0.3 is 0 Å². The van der Waals surface area contributed by atoms with Gasteiger partial charge < -0.3 is 15.0 Å². The number of nitrogens with one attached hydrogen (secondary N) is 2. The molecule has 0 unspecified atom stereocenters. The van der Waals surface area contributed by atoms with Crippen LogP contribution >= 0.6 is 0 Å². The van der Waals surface area contributed by atoms with Gasteiger partial charge in [-0.2, -0.15) is 0 Å². The molecule has 1 aromatic heterocycles. The predicted molar refractivity (Wildman–Crippen MR) is 106 cm³/mol. The van der Waals surface area contributed by atoms with Crippen molar-refractivity contribution in [2.45, 2.75) is 50.5 Å². The fraction of sp³-hybridized carbons (Fsp3) is 0.619. The van der Waals surface area contributed by atoms with Crippen molar-refractivity contribution >= 4 is 16.9 Å². The standard InChI is InChI=1S/C21H30N4O2/c26-20(9-8-19-23-17-6-2-3-7-18(17)24-19)22-16-21(10-4-1-5-11-21)25-12-14-27-15-13-25/h2-3,6-7H,1,4-5,8-16H2,(H,22,26)(H,23,24). The Bertz CT molecular complexity index is 727. The average molecular weight is 370 g/mol. The molecule has 1 aliphatic heterocycles. The summed E-state index contributed by atoms with van der Waals surface area (Å²) in [6.45, 7) is 4.33. The molecule has 2 aliphatic rings. The molecule has 0 radical (unpaired) electrons. The zero-order valence-electron chi connectivity index (χ0n) is 16.0.